The van der Waals surface area contributed by atoms with Crippen molar-refractivity contribution in [3.8, 4) is 0 Å². The van der Waals surface area contributed by atoms with Gasteiger partial charge in [-0.05, 0) is 55.7 Å². The van der Waals surface area contributed by atoms with Gasteiger partial charge in [0, 0.05) is 17.5 Å². The second-order valence-electron chi connectivity index (χ2n) is 6.72. The standard InChI is InChI=1S/C16H24N2OS.ClH/c1-16(2)7-4-8-17-14(16)10-18-15(19)13-9-11-5-3-6-12(11)20-13;/h9,14,17H,3-8,10H2,1-2H3,(H,18,19);1H. The Balaban J connectivity index is 0.00000161. The van der Waals surface area contributed by atoms with Gasteiger partial charge < -0.3 is 10.6 Å². The molecule has 1 amide bonds. The fourth-order valence-corrected chi connectivity index (χ4v) is 4.51. The Morgan fingerprint density at radius 3 is 2.95 bits per heavy atom. The van der Waals surface area contributed by atoms with Crippen molar-refractivity contribution in [3.63, 3.8) is 0 Å². The Morgan fingerprint density at radius 1 is 1.43 bits per heavy atom. The number of halogens is 1. The van der Waals surface area contributed by atoms with Gasteiger partial charge in [0.1, 0.15) is 0 Å². The average molecular weight is 329 g/mol. The van der Waals surface area contributed by atoms with E-state index in [-0.39, 0.29) is 23.7 Å². The number of hydrogen-bond acceptors (Lipinski definition) is 3. The molecule has 2 heterocycles. The molecular formula is C16H25ClN2OS. The van der Waals surface area contributed by atoms with Crippen LogP contribution in [0, 0.1) is 5.41 Å². The van der Waals surface area contributed by atoms with Crippen LogP contribution in [0.4, 0.5) is 0 Å². The molecule has 2 aliphatic rings. The Kier molecular flexibility index (Phi) is 5.33. The Bertz CT molecular complexity index is 491. The molecule has 118 valence electrons. The molecule has 0 radical (unpaired) electrons. The molecule has 1 aliphatic heterocycles. The number of carbonyl (C=O) groups excluding carboxylic acids is 1. The number of carbonyl (C=O) groups is 1. The summed E-state index contributed by atoms with van der Waals surface area (Å²) in [6, 6.07) is 2.48. The van der Waals surface area contributed by atoms with E-state index < -0.39 is 0 Å². The van der Waals surface area contributed by atoms with Crippen LogP contribution in [0.2, 0.25) is 0 Å². The number of piperidine rings is 1. The van der Waals surface area contributed by atoms with Crippen LogP contribution in [-0.4, -0.2) is 25.0 Å². The van der Waals surface area contributed by atoms with E-state index in [1.807, 2.05) is 0 Å². The van der Waals surface area contributed by atoms with Gasteiger partial charge in [-0.3, -0.25) is 4.79 Å². The predicted octanol–water partition coefficient (Wildman–Crippen LogP) is 3.17. The maximum absolute atomic E-state index is 12.3. The monoisotopic (exact) mass is 328 g/mol. The molecule has 2 N–H and O–H groups in total. The van der Waals surface area contributed by atoms with Crippen LogP contribution < -0.4 is 10.6 Å². The number of rotatable bonds is 3. The lowest BCUT2D eigenvalue weighted by atomic mass is 9.77. The minimum atomic E-state index is 0. The number of amides is 1. The van der Waals surface area contributed by atoms with Crippen LogP contribution in [0.15, 0.2) is 6.07 Å². The van der Waals surface area contributed by atoms with Crippen LogP contribution in [0.25, 0.3) is 0 Å². The van der Waals surface area contributed by atoms with Gasteiger partial charge in [0.05, 0.1) is 4.88 Å². The predicted molar refractivity (Wildman–Crippen MR) is 90.7 cm³/mol. The highest BCUT2D eigenvalue weighted by atomic mass is 35.5. The average Bonchev–Trinajstić information content (AvgIpc) is 2.97. The van der Waals surface area contributed by atoms with Crippen molar-refractivity contribution in [2.75, 3.05) is 13.1 Å². The van der Waals surface area contributed by atoms with Gasteiger partial charge in [-0.1, -0.05) is 13.8 Å². The maximum atomic E-state index is 12.3. The van der Waals surface area contributed by atoms with Gasteiger partial charge in [-0.2, -0.15) is 0 Å². The summed E-state index contributed by atoms with van der Waals surface area (Å²) in [5, 5.41) is 6.67. The van der Waals surface area contributed by atoms with Crippen LogP contribution in [0.1, 0.15) is 53.2 Å². The minimum absolute atomic E-state index is 0. The molecule has 3 rings (SSSR count). The Labute approximate surface area is 137 Å². The largest absolute Gasteiger partial charge is 0.350 e. The highest BCUT2D eigenvalue weighted by Crippen LogP contribution is 2.31. The summed E-state index contributed by atoms with van der Waals surface area (Å²) >= 11 is 1.68. The number of thiophene rings is 1. The second kappa shape index (κ2) is 6.67. The van der Waals surface area contributed by atoms with E-state index >= 15 is 0 Å². The van der Waals surface area contributed by atoms with Crippen molar-refractivity contribution in [2.45, 2.75) is 52.0 Å². The first kappa shape index (κ1) is 16.8. The summed E-state index contributed by atoms with van der Waals surface area (Å²) in [5.41, 5.74) is 1.67. The summed E-state index contributed by atoms with van der Waals surface area (Å²) in [7, 11) is 0. The zero-order valence-corrected chi connectivity index (χ0v) is 14.5. The first-order valence-electron chi connectivity index (χ1n) is 7.69. The van der Waals surface area contributed by atoms with Crippen LogP contribution in [0.3, 0.4) is 0 Å². The summed E-state index contributed by atoms with van der Waals surface area (Å²) in [5.74, 6) is 0.104. The third-order valence-electron chi connectivity index (χ3n) is 4.77. The molecule has 1 atom stereocenters. The number of nitrogens with one attached hydrogen (secondary N) is 2. The Hall–Kier alpha value is -0.580. The number of hydrogen-bond donors (Lipinski definition) is 2. The van der Waals surface area contributed by atoms with Crippen molar-refractivity contribution in [1.29, 1.82) is 0 Å². The van der Waals surface area contributed by atoms with Crippen molar-refractivity contribution in [1.82, 2.24) is 10.6 Å². The van der Waals surface area contributed by atoms with Gasteiger partial charge in [0.25, 0.3) is 5.91 Å². The lowest BCUT2D eigenvalue weighted by molar-refractivity contribution is 0.0933. The molecule has 3 nitrogen and oxygen atoms in total. The highest BCUT2D eigenvalue weighted by Gasteiger charge is 2.32. The Morgan fingerprint density at radius 2 is 2.24 bits per heavy atom. The topological polar surface area (TPSA) is 41.1 Å². The lowest BCUT2D eigenvalue weighted by Crippen LogP contribution is -2.52. The molecule has 0 spiro atoms. The zero-order chi connectivity index (χ0) is 14.2. The molecule has 5 heteroatoms. The molecule has 1 fully saturated rings. The second-order valence-corrected chi connectivity index (χ2v) is 7.86. The van der Waals surface area contributed by atoms with Gasteiger partial charge in [0.2, 0.25) is 0 Å². The normalized spacial score (nSPS) is 23.2. The highest BCUT2D eigenvalue weighted by molar-refractivity contribution is 7.14. The zero-order valence-electron chi connectivity index (χ0n) is 12.8. The van der Waals surface area contributed by atoms with Crippen LogP contribution in [-0.2, 0) is 12.8 Å². The third kappa shape index (κ3) is 3.61. The fraction of sp³-hybridized carbons (Fsp3) is 0.688. The summed E-state index contributed by atoms with van der Waals surface area (Å²) in [6.45, 7) is 6.37. The number of fused-ring (bicyclic) bond motifs is 1. The van der Waals surface area contributed by atoms with Gasteiger partial charge in [-0.15, -0.1) is 23.7 Å². The molecule has 1 saturated heterocycles. The molecule has 1 aromatic heterocycles. The molecule has 1 aromatic rings. The summed E-state index contributed by atoms with van der Waals surface area (Å²) in [6.07, 6.45) is 6.02. The third-order valence-corrected chi connectivity index (χ3v) is 6.00. The maximum Gasteiger partial charge on any atom is 0.261 e. The molecule has 0 saturated carbocycles. The van der Waals surface area contributed by atoms with Gasteiger partial charge >= 0.3 is 0 Å². The lowest BCUT2D eigenvalue weighted by Gasteiger charge is -2.39. The van der Waals surface area contributed by atoms with Crippen molar-refractivity contribution < 1.29 is 4.79 Å². The van der Waals surface area contributed by atoms with Crippen molar-refractivity contribution in [2.24, 2.45) is 5.41 Å². The number of aryl methyl sites for hydroxylation is 2. The van der Waals surface area contributed by atoms with E-state index in [0.29, 0.717) is 6.04 Å². The van der Waals surface area contributed by atoms with Crippen molar-refractivity contribution >= 4 is 29.7 Å². The quantitative estimate of drug-likeness (QED) is 0.894. The van der Waals surface area contributed by atoms with Crippen LogP contribution in [0.5, 0.6) is 0 Å². The summed E-state index contributed by atoms with van der Waals surface area (Å²) < 4.78 is 0. The minimum Gasteiger partial charge on any atom is -0.350 e. The van der Waals surface area contributed by atoms with E-state index in [4.69, 9.17) is 0 Å². The molecule has 1 aliphatic carbocycles. The van der Waals surface area contributed by atoms with Gasteiger partial charge in [0.15, 0.2) is 0 Å². The van der Waals surface area contributed by atoms with E-state index in [9.17, 15) is 4.79 Å². The molecule has 0 bridgehead atoms. The smallest absolute Gasteiger partial charge is 0.261 e. The molecular weight excluding hydrogens is 304 g/mol. The van der Waals surface area contributed by atoms with Crippen LogP contribution >= 0.6 is 23.7 Å². The van der Waals surface area contributed by atoms with E-state index in [2.05, 4.69) is 30.5 Å². The SMILES string of the molecule is CC1(C)CCCNC1CNC(=O)c1cc2c(s1)CCC2.Cl. The first-order valence-corrected chi connectivity index (χ1v) is 8.51. The molecule has 1 unspecified atom stereocenters. The van der Waals surface area contributed by atoms with E-state index in [0.717, 1.165) is 30.8 Å². The molecule has 21 heavy (non-hydrogen) atoms. The van der Waals surface area contributed by atoms with Gasteiger partial charge in [-0.25, -0.2) is 0 Å². The summed E-state index contributed by atoms with van der Waals surface area (Å²) in [4.78, 5) is 14.6. The fourth-order valence-electron chi connectivity index (χ4n) is 3.34. The first-order chi connectivity index (χ1) is 9.56. The van der Waals surface area contributed by atoms with E-state index in [1.165, 1.54) is 29.7 Å². The van der Waals surface area contributed by atoms with Crippen molar-refractivity contribution in [3.05, 3.63) is 21.4 Å². The van der Waals surface area contributed by atoms with E-state index in [1.54, 1.807) is 11.3 Å². The molecule has 0 aromatic carbocycles.